The van der Waals surface area contributed by atoms with Crippen LogP contribution in [-0.2, 0) is 20.0 Å². The second-order valence-electron chi connectivity index (χ2n) is 10.1. The molecule has 2 fully saturated rings. The van der Waals surface area contributed by atoms with Crippen LogP contribution < -0.4 is 4.74 Å². The lowest BCUT2D eigenvalue weighted by atomic mass is 9.80. The lowest BCUT2D eigenvalue weighted by Gasteiger charge is -2.43. The van der Waals surface area contributed by atoms with Gasteiger partial charge in [-0.1, -0.05) is 48.6 Å². The van der Waals surface area contributed by atoms with Crippen molar-refractivity contribution in [1.29, 1.82) is 0 Å². The van der Waals surface area contributed by atoms with Crippen LogP contribution in [0.3, 0.4) is 0 Å². The number of carboxylic acid groups (broad SMARTS) is 3. The molecule has 10 nitrogen and oxygen atoms in total. The Bertz CT molecular complexity index is 1220. The van der Waals surface area contributed by atoms with Crippen LogP contribution in [0.4, 0.5) is 4.39 Å². The van der Waals surface area contributed by atoms with Crippen LogP contribution in [-0.4, -0.2) is 79.7 Å². The average molecular weight is 560 g/mol. The fourth-order valence-corrected chi connectivity index (χ4v) is 5.49. The zero-order valence-corrected chi connectivity index (χ0v) is 22.1. The number of halogens is 1. The van der Waals surface area contributed by atoms with Gasteiger partial charge in [0.2, 0.25) is 0 Å². The quantitative estimate of drug-likeness (QED) is 0.292. The van der Waals surface area contributed by atoms with Crippen molar-refractivity contribution in [3.05, 3.63) is 71.6 Å². The van der Waals surface area contributed by atoms with E-state index in [1.807, 2.05) is 24.3 Å². The molecule has 4 rings (SSSR count). The number of nitrogens with zero attached hydrogens (tertiary/aromatic N) is 1. The van der Waals surface area contributed by atoms with Crippen molar-refractivity contribution in [2.75, 3.05) is 13.7 Å². The summed E-state index contributed by atoms with van der Waals surface area (Å²) < 4.78 is 19.7. The van der Waals surface area contributed by atoms with E-state index in [0.29, 0.717) is 18.4 Å². The summed E-state index contributed by atoms with van der Waals surface area (Å²) in [7, 11) is 1.68. The van der Waals surface area contributed by atoms with E-state index in [0.717, 1.165) is 30.7 Å². The van der Waals surface area contributed by atoms with E-state index in [1.165, 1.54) is 6.07 Å². The van der Waals surface area contributed by atoms with Gasteiger partial charge in [0.1, 0.15) is 11.6 Å². The third-order valence-electron chi connectivity index (χ3n) is 7.33. The van der Waals surface area contributed by atoms with Crippen molar-refractivity contribution in [3.63, 3.8) is 0 Å². The lowest BCUT2D eigenvalue weighted by Crippen LogP contribution is -2.49. The van der Waals surface area contributed by atoms with Gasteiger partial charge in [-0.15, -0.1) is 0 Å². The van der Waals surface area contributed by atoms with E-state index in [2.05, 4.69) is 17.1 Å². The van der Waals surface area contributed by atoms with Crippen LogP contribution in [0.2, 0.25) is 0 Å². The standard InChI is InChI=1S/C23H26FNO2.C6H8O7/c1-27-22-11-5-2-7-17(22)8-6-14-25-18-12-13-19(25)16-23(26,15-18)20-9-3-4-10-21(20)24;7-3(8)1-6(13,5(11)12)2-4(9)10/h2-11,18-19,26H,12-16H2,1H3;13H,1-2H2,(H,7,8)(H,9,10)(H,11,12)/b8-6+;. The first-order valence-electron chi connectivity index (χ1n) is 12.8. The Labute approximate surface area is 230 Å². The first-order valence-corrected chi connectivity index (χ1v) is 12.8. The molecule has 0 spiro atoms. The second-order valence-corrected chi connectivity index (χ2v) is 10.1. The van der Waals surface area contributed by atoms with Crippen LogP contribution >= 0.6 is 0 Å². The van der Waals surface area contributed by atoms with E-state index >= 15 is 0 Å². The number of carbonyl (C=O) groups is 3. The molecule has 2 aliphatic heterocycles. The van der Waals surface area contributed by atoms with Gasteiger partial charge >= 0.3 is 17.9 Å². The summed E-state index contributed by atoms with van der Waals surface area (Å²) in [6.07, 6.45) is 5.27. The molecular weight excluding hydrogens is 525 g/mol. The normalized spacial score (nSPS) is 22.4. The van der Waals surface area contributed by atoms with Crippen LogP contribution in [0, 0.1) is 5.82 Å². The number of aliphatic hydroxyl groups is 2. The largest absolute Gasteiger partial charge is 0.496 e. The summed E-state index contributed by atoms with van der Waals surface area (Å²) in [4.78, 5) is 32.9. The molecule has 2 heterocycles. The maximum atomic E-state index is 14.3. The molecule has 2 aromatic carbocycles. The number of piperidine rings is 1. The molecule has 0 saturated carbocycles. The number of para-hydroxylation sites is 1. The Morgan fingerprint density at radius 3 is 2.08 bits per heavy atom. The highest BCUT2D eigenvalue weighted by Gasteiger charge is 2.48. The smallest absolute Gasteiger partial charge is 0.336 e. The van der Waals surface area contributed by atoms with Crippen molar-refractivity contribution in [1.82, 2.24) is 4.90 Å². The average Bonchev–Trinajstić information content (AvgIpc) is 3.13. The number of aliphatic carboxylic acids is 3. The van der Waals surface area contributed by atoms with Gasteiger partial charge in [-0.25, -0.2) is 9.18 Å². The molecule has 40 heavy (non-hydrogen) atoms. The summed E-state index contributed by atoms with van der Waals surface area (Å²) >= 11 is 0. The Morgan fingerprint density at radius 2 is 1.55 bits per heavy atom. The zero-order chi connectivity index (χ0) is 29.5. The molecule has 216 valence electrons. The SMILES string of the molecule is COc1ccccc1/C=C/CN1C2CCC1CC(O)(c1ccccc1F)C2.O=C(O)CC(O)(CC(=O)O)C(=O)O. The van der Waals surface area contributed by atoms with Gasteiger partial charge in [0.25, 0.3) is 0 Å². The molecule has 0 aromatic heterocycles. The summed E-state index contributed by atoms with van der Waals surface area (Å²) in [6, 6.07) is 15.2. The Hall–Kier alpha value is -3.80. The zero-order valence-electron chi connectivity index (χ0n) is 22.1. The Kier molecular flexibility index (Phi) is 10.0. The predicted molar refractivity (Wildman–Crippen MR) is 142 cm³/mol. The summed E-state index contributed by atoms with van der Waals surface area (Å²) in [5, 5.41) is 45.0. The van der Waals surface area contributed by atoms with E-state index in [9.17, 15) is 23.9 Å². The first kappa shape index (κ1) is 30.7. The molecular formula is C29H34FNO9. The highest BCUT2D eigenvalue weighted by Crippen LogP contribution is 2.46. The maximum absolute atomic E-state index is 14.3. The number of ether oxygens (including phenoxy) is 1. The summed E-state index contributed by atoms with van der Waals surface area (Å²) in [6.45, 7) is 0.834. The van der Waals surface area contributed by atoms with E-state index in [-0.39, 0.29) is 17.9 Å². The Morgan fingerprint density at radius 1 is 1.00 bits per heavy atom. The number of fused-ring (bicyclic) bond motifs is 2. The monoisotopic (exact) mass is 559 g/mol. The number of rotatable bonds is 10. The van der Waals surface area contributed by atoms with Crippen LogP contribution in [0.15, 0.2) is 54.6 Å². The minimum Gasteiger partial charge on any atom is -0.496 e. The van der Waals surface area contributed by atoms with Crippen molar-refractivity contribution < 1.29 is 49.0 Å². The molecule has 2 saturated heterocycles. The number of methoxy groups -OCH3 is 1. The molecule has 2 aromatic rings. The molecule has 0 amide bonds. The van der Waals surface area contributed by atoms with E-state index < -0.39 is 42.0 Å². The maximum Gasteiger partial charge on any atom is 0.336 e. The van der Waals surface area contributed by atoms with Gasteiger partial charge in [0, 0.05) is 29.8 Å². The number of benzene rings is 2. The van der Waals surface area contributed by atoms with Crippen molar-refractivity contribution >= 4 is 24.0 Å². The second kappa shape index (κ2) is 13.0. The minimum absolute atomic E-state index is 0.288. The highest BCUT2D eigenvalue weighted by molar-refractivity contribution is 5.88. The van der Waals surface area contributed by atoms with Crippen LogP contribution in [0.1, 0.15) is 49.7 Å². The summed E-state index contributed by atoms with van der Waals surface area (Å²) in [5.74, 6) is -4.46. The van der Waals surface area contributed by atoms with Crippen molar-refractivity contribution in [2.24, 2.45) is 0 Å². The van der Waals surface area contributed by atoms with Crippen LogP contribution in [0.25, 0.3) is 6.08 Å². The van der Waals surface area contributed by atoms with Gasteiger partial charge in [-0.05, 0) is 37.8 Å². The first-order chi connectivity index (χ1) is 18.9. The number of hydrogen-bond donors (Lipinski definition) is 5. The number of hydrogen-bond acceptors (Lipinski definition) is 7. The molecule has 0 aliphatic carbocycles. The van der Waals surface area contributed by atoms with Crippen molar-refractivity contribution in [2.45, 2.75) is 61.8 Å². The van der Waals surface area contributed by atoms with Crippen LogP contribution in [0.5, 0.6) is 5.75 Å². The molecule has 2 unspecified atom stereocenters. The Balaban J connectivity index is 0.000000289. The molecule has 0 radical (unpaired) electrons. The van der Waals surface area contributed by atoms with Gasteiger partial charge in [0.15, 0.2) is 5.60 Å². The van der Waals surface area contributed by atoms with Gasteiger partial charge in [-0.3, -0.25) is 14.5 Å². The molecule has 2 aliphatic rings. The minimum atomic E-state index is -2.74. The third kappa shape index (κ3) is 7.44. The third-order valence-corrected chi connectivity index (χ3v) is 7.33. The molecule has 2 atom stereocenters. The van der Waals surface area contributed by atoms with Gasteiger partial charge in [-0.2, -0.15) is 0 Å². The fourth-order valence-electron chi connectivity index (χ4n) is 5.49. The fraction of sp³-hybridized carbons (Fsp3) is 0.414. The molecule has 2 bridgehead atoms. The lowest BCUT2D eigenvalue weighted by molar-refractivity contribution is -0.170. The topological polar surface area (TPSA) is 165 Å². The predicted octanol–water partition coefficient (Wildman–Crippen LogP) is 3.11. The number of carboxylic acids is 3. The van der Waals surface area contributed by atoms with E-state index in [1.54, 1.807) is 25.3 Å². The van der Waals surface area contributed by atoms with Crippen molar-refractivity contribution in [3.8, 4) is 5.75 Å². The van der Waals surface area contributed by atoms with Gasteiger partial charge in [0.05, 0.1) is 25.6 Å². The molecule has 5 N–H and O–H groups in total. The highest BCUT2D eigenvalue weighted by atomic mass is 19.1. The molecule has 11 heteroatoms. The van der Waals surface area contributed by atoms with E-state index in [4.69, 9.17) is 25.2 Å². The van der Waals surface area contributed by atoms with Gasteiger partial charge < -0.3 is 30.3 Å². The summed E-state index contributed by atoms with van der Waals surface area (Å²) in [5.41, 5.74) is -2.28.